The molecule has 29 heavy (non-hydrogen) atoms. The summed E-state index contributed by atoms with van der Waals surface area (Å²) in [7, 11) is 0. The normalized spacial score (nSPS) is 26.8. The smallest absolute Gasteiger partial charge is 0.238 e. The minimum Gasteiger partial charge on any atom is -0.326 e. The van der Waals surface area contributed by atoms with Gasteiger partial charge in [-0.25, -0.2) is 4.90 Å². The highest BCUT2D eigenvalue weighted by atomic mass is 16.2. The largest absolute Gasteiger partial charge is 0.326 e. The molecule has 2 bridgehead atoms. The van der Waals surface area contributed by atoms with Gasteiger partial charge in [-0.15, -0.1) is 0 Å². The van der Waals surface area contributed by atoms with Crippen molar-refractivity contribution in [1.82, 2.24) is 0 Å². The van der Waals surface area contributed by atoms with E-state index < -0.39 is 0 Å². The molecule has 0 radical (unpaired) electrons. The number of fused-ring (bicyclic) bond motifs is 5. The van der Waals surface area contributed by atoms with Crippen molar-refractivity contribution in [1.29, 1.82) is 0 Å². The van der Waals surface area contributed by atoms with E-state index in [2.05, 4.69) is 17.5 Å². The lowest BCUT2D eigenvalue weighted by molar-refractivity contribution is -0.123. The third-order valence-electron chi connectivity index (χ3n) is 6.34. The fraction of sp³-hybridized carbons (Fsp3) is 0.292. The average molecular weight is 386 g/mol. The van der Waals surface area contributed by atoms with Crippen LogP contribution in [0, 0.1) is 23.7 Å². The first-order chi connectivity index (χ1) is 14.1. The van der Waals surface area contributed by atoms with Gasteiger partial charge in [-0.1, -0.05) is 48.6 Å². The molecule has 5 rings (SSSR count). The van der Waals surface area contributed by atoms with E-state index in [1.54, 1.807) is 24.3 Å². The minimum absolute atomic E-state index is 0.0933. The van der Waals surface area contributed by atoms with Crippen LogP contribution >= 0.6 is 0 Å². The molecule has 5 nitrogen and oxygen atoms in total. The van der Waals surface area contributed by atoms with Gasteiger partial charge in [-0.05, 0) is 48.4 Å². The second-order valence-corrected chi connectivity index (χ2v) is 8.10. The van der Waals surface area contributed by atoms with Gasteiger partial charge in [0.15, 0.2) is 0 Å². The Morgan fingerprint density at radius 2 is 1.62 bits per heavy atom. The van der Waals surface area contributed by atoms with Gasteiger partial charge in [0.1, 0.15) is 0 Å². The topological polar surface area (TPSA) is 66.5 Å². The molecule has 1 aliphatic heterocycles. The van der Waals surface area contributed by atoms with Crippen LogP contribution in [0.4, 0.5) is 11.4 Å². The zero-order chi connectivity index (χ0) is 20.0. The number of anilines is 2. The first kappa shape index (κ1) is 17.9. The molecule has 3 aliphatic rings. The van der Waals surface area contributed by atoms with Gasteiger partial charge in [-0.3, -0.25) is 14.4 Å². The highest BCUT2D eigenvalue weighted by Gasteiger charge is 2.59. The molecule has 1 saturated carbocycles. The fourth-order valence-electron chi connectivity index (χ4n) is 5.01. The highest BCUT2D eigenvalue weighted by molar-refractivity contribution is 6.23. The molecule has 1 saturated heterocycles. The van der Waals surface area contributed by atoms with E-state index in [1.807, 2.05) is 30.3 Å². The van der Waals surface area contributed by atoms with Crippen LogP contribution in [0.1, 0.15) is 18.4 Å². The summed E-state index contributed by atoms with van der Waals surface area (Å²) in [5.74, 6) is -0.374. The average Bonchev–Trinajstić information content (AvgIpc) is 3.41. The van der Waals surface area contributed by atoms with Crippen molar-refractivity contribution >= 4 is 29.1 Å². The van der Waals surface area contributed by atoms with E-state index in [9.17, 15) is 14.4 Å². The fourth-order valence-corrected chi connectivity index (χ4v) is 5.01. The number of imide groups is 1. The van der Waals surface area contributed by atoms with Gasteiger partial charge in [0.25, 0.3) is 0 Å². The summed E-state index contributed by atoms with van der Waals surface area (Å²) in [5, 5.41) is 2.89. The summed E-state index contributed by atoms with van der Waals surface area (Å²) in [6, 6.07) is 16.9. The van der Waals surface area contributed by atoms with Crippen LogP contribution in [0.3, 0.4) is 0 Å². The van der Waals surface area contributed by atoms with Gasteiger partial charge < -0.3 is 5.32 Å². The Labute approximate surface area is 169 Å². The Balaban J connectivity index is 1.28. The summed E-state index contributed by atoms with van der Waals surface area (Å²) >= 11 is 0. The Hall–Kier alpha value is -3.21. The predicted octanol–water partition coefficient (Wildman–Crippen LogP) is 3.57. The van der Waals surface area contributed by atoms with Crippen molar-refractivity contribution in [3.63, 3.8) is 0 Å². The van der Waals surface area contributed by atoms with E-state index in [1.165, 1.54) is 4.90 Å². The molecule has 2 fully saturated rings. The number of allylic oxidation sites excluding steroid dienone is 2. The maximum atomic E-state index is 13.0. The lowest BCUT2D eigenvalue weighted by atomic mass is 9.85. The molecular weight excluding hydrogens is 364 g/mol. The van der Waals surface area contributed by atoms with Crippen molar-refractivity contribution < 1.29 is 14.4 Å². The molecule has 3 amide bonds. The lowest BCUT2D eigenvalue weighted by Crippen LogP contribution is -2.32. The number of hydrogen-bond donors (Lipinski definition) is 1. The Morgan fingerprint density at radius 1 is 0.931 bits per heavy atom. The van der Waals surface area contributed by atoms with Crippen LogP contribution in [0.25, 0.3) is 0 Å². The standard InChI is InChI=1S/C24H22N2O3/c27-20(12-9-15-5-2-1-3-6-15)25-18-7-4-8-19(14-18)26-23(28)21-16-10-11-17(13-16)22(21)24(26)29/h1-8,10-11,14,16-17,21-22H,9,12-13H2,(H,25,27)/t16-,17+,21+,22-. The number of nitrogens with zero attached hydrogens (tertiary/aromatic N) is 1. The maximum Gasteiger partial charge on any atom is 0.238 e. The van der Waals surface area contributed by atoms with Crippen molar-refractivity contribution in [2.45, 2.75) is 19.3 Å². The van der Waals surface area contributed by atoms with Gasteiger partial charge >= 0.3 is 0 Å². The summed E-state index contributed by atoms with van der Waals surface area (Å²) in [6.45, 7) is 0. The van der Waals surface area contributed by atoms with Crippen LogP contribution in [-0.4, -0.2) is 17.7 Å². The van der Waals surface area contributed by atoms with Crippen LogP contribution < -0.4 is 10.2 Å². The molecule has 2 aromatic carbocycles. The number of benzene rings is 2. The van der Waals surface area contributed by atoms with Gasteiger partial charge in [0.2, 0.25) is 17.7 Å². The predicted molar refractivity (Wildman–Crippen MR) is 110 cm³/mol. The van der Waals surface area contributed by atoms with E-state index in [4.69, 9.17) is 0 Å². The second kappa shape index (κ2) is 6.99. The lowest BCUT2D eigenvalue weighted by Gasteiger charge is -2.18. The van der Waals surface area contributed by atoms with E-state index in [-0.39, 0.29) is 41.4 Å². The molecular formula is C24H22N2O3. The zero-order valence-corrected chi connectivity index (χ0v) is 16.0. The van der Waals surface area contributed by atoms with E-state index in [0.29, 0.717) is 24.2 Å². The number of carbonyl (C=O) groups is 3. The SMILES string of the molecule is O=C(CCc1ccccc1)Nc1cccc(N2C(=O)[C@@H]3[C@H](C2=O)[C@H]2C=C[C@@H]3C2)c1. The molecule has 0 aromatic heterocycles. The minimum atomic E-state index is -0.221. The molecule has 1 N–H and O–H groups in total. The number of nitrogens with one attached hydrogen (secondary N) is 1. The molecule has 2 aliphatic carbocycles. The molecule has 4 atom stereocenters. The van der Waals surface area contributed by atoms with E-state index in [0.717, 1.165) is 12.0 Å². The monoisotopic (exact) mass is 386 g/mol. The summed E-state index contributed by atoms with van der Waals surface area (Å²) in [5.41, 5.74) is 2.24. The molecule has 0 unspecified atom stereocenters. The number of rotatable bonds is 5. The molecule has 0 spiro atoms. The number of aryl methyl sites for hydroxylation is 1. The Morgan fingerprint density at radius 3 is 2.31 bits per heavy atom. The van der Waals surface area contributed by atoms with Crippen molar-refractivity contribution in [3.8, 4) is 0 Å². The third-order valence-corrected chi connectivity index (χ3v) is 6.34. The number of amides is 3. The van der Waals surface area contributed by atoms with Crippen molar-refractivity contribution in [2.75, 3.05) is 10.2 Å². The van der Waals surface area contributed by atoms with Gasteiger partial charge in [-0.2, -0.15) is 0 Å². The van der Waals surface area contributed by atoms with Crippen LogP contribution in [0.15, 0.2) is 66.7 Å². The number of hydrogen-bond acceptors (Lipinski definition) is 3. The van der Waals surface area contributed by atoms with Crippen LogP contribution in [-0.2, 0) is 20.8 Å². The van der Waals surface area contributed by atoms with Crippen molar-refractivity contribution in [3.05, 3.63) is 72.3 Å². The molecule has 1 heterocycles. The van der Waals surface area contributed by atoms with Crippen molar-refractivity contribution in [2.24, 2.45) is 23.7 Å². The summed E-state index contributed by atoms with van der Waals surface area (Å²) < 4.78 is 0. The highest BCUT2D eigenvalue weighted by Crippen LogP contribution is 2.53. The van der Waals surface area contributed by atoms with Gasteiger partial charge in [0, 0.05) is 12.1 Å². The van der Waals surface area contributed by atoms with Gasteiger partial charge in [0.05, 0.1) is 17.5 Å². The second-order valence-electron chi connectivity index (χ2n) is 8.10. The van der Waals surface area contributed by atoms with Crippen LogP contribution in [0.5, 0.6) is 0 Å². The summed E-state index contributed by atoms with van der Waals surface area (Å²) in [6.07, 6.45) is 6.12. The molecule has 2 aromatic rings. The molecule has 146 valence electrons. The zero-order valence-electron chi connectivity index (χ0n) is 16.0. The third kappa shape index (κ3) is 3.07. The first-order valence-electron chi connectivity index (χ1n) is 10.1. The van der Waals surface area contributed by atoms with Crippen LogP contribution in [0.2, 0.25) is 0 Å². The first-order valence-corrected chi connectivity index (χ1v) is 10.1. The molecule has 5 heteroatoms. The Kier molecular flexibility index (Phi) is 4.31. The Bertz CT molecular complexity index is 984. The van der Waals surface area contributed by atoms with E-state index >= 15 is 0 Å². The maximum absolute atomic E-state index is 13.0. The summed E-state index contributed by atoms with van der Waals surface area (Å²) in [4.78, 5) is 39.6. The quantitative estimate of drug-likeness (QED) is 0.631. The number of carbonyl (C=O) groups excluding carboxylic acids is 3.